The lowest BCUT2D eigenvalue weighted by Crippen LogP contribution is -2.15. The number of hydrogen-bond acceptors (Lipinski definition) is 5. The summed E-state index contributed by atoms with van der Waals surface area (Å²) in [6.07, 6.45) is 4.10. The van der Waals surface area contributed by atoms with Crippen LogP contribution in [0.1, 0.15) is 16.8 Å². The van der Waals surface area contributed by atoms with Crippen molar-refractivity contribution in [3.63, 3.8) is 0 Å². The van der Waals surface area contributed by atoms with Crippen molar-refractivity contribution in [2.75, 3.05) is 25.6 Å². The van der Waals surface area contributed by atoms with Crippen molar-refractivity contribution in [2.45, 2.75) is 6.42 Å². The molecule has 0 fully saturated rings. The molecule has 0 aliphatic carbocycles. The number of carbonyl (C=O) groups is 1. The third-order valence-corrected chi connectivity index (χ3v) is 6.13. The van der Waals surface area contributed by atoms with E-state index in [2.05, 4.69) is 39.1 Å². The van der Waals surface area contributed by atoms with Gasteiger partial charge in [-0.1, -0.05) is 30.3 Å². The molecule has 0 atom stereocenters. The molecule has 0 unspecified atom stereocenters. The van der Waals surface area contributed by atoms with Gasteiger partial charge in [-0.05, 0) is 48.4 Å². The lowest BCUT2D eigenvalue weighted by Gasteiger charge is -2.14. The van der Waals surface area contributed by atoms with Crippen LogP contribution < -0.4 is 15.8 Å². The van der Waals surface area contributed by atoms with Gasteiger partial charge >= 0.3 is 0 Å². The fourth-order valence-corrected chi connectivity index (χ4v) is 4.55. The topological polar surface area (TPSA) is 102 Å². The number of fused-ring (bicyclic) bond motifs is 3. The highest BCUT2D eigenvalue weighted by Crippen LogP contribution is 2.39. The van der Waals surface area contributed by atoms with Gasteiger partial charge in [-0.2, -0.15) is 0 Å². The van der Waals surface area contributed by atoms with Gasteiger partial charge in [0.1, 0.15) is 5.75 Å². The van der Waals surface area contributed by atoms with Gasteiger partial charge < -0.3 is 25.5 Å². The molecule has 0 aliphatic rings. The monoisotopic (exact) mass is 466 g/mol. The molecule has 3 aromatic carbocycles. The van der Waals surface area contributed by atoms with Gasteiger partial charge in [0.25, 0.3) is 5.91 Å². The second kappa shape index (κ2) is 9.48. The molecular formula is C28H26N4O3. The summed E-state index contributed by atoms with van der Waals surface area (Å²) in [5, 5.41) is 14.6. The summed E-state index contributed by atoms with van der Waals surface area (Å²) in [6.45, 7) is 0.591. The van der Waals surface area contributed by atoms with E-state index in [1.54, 1.807) is 19.4 Å². The van der Waals surface area contributed by atoms with Crippen molar-refractivity contribution in [1.29, 1.82) is 0 Å². The quantitative estimate of drug-likeness (QED) is 0.287. The predicted octanol–water partition coefficient (Wildman–Crippen LogP) is 4.75. The lowest BCUT2D eigenvalue weighted by atomic mass is 10.0. The Bertz CT molecular complexity index is 1540. The normalized spacial score (nSPS) is 11.1. The maximum atomic E-state index is 12.0. The fraction of sp³-hybridized carbons (Fsp3) is 0.143. The van der Waals surface area contributed by atoms with Crippen LogP contribution in [0.3, 0.4) is 0 Å². The van der Waals surface area contributed by atoms with Crippen LogP contribution in [-0.4, -0.2) is 40.8 Å². The Morgan fingerprint density at radius 2 is 1.89 bits per heavy atom. The Labute approximate surface area is 202 Å². The number of aromatic nitrogens is 2. The number of aliphatic hydroxyl groups is 1. The van der Waals surface area contributed by atoms with Crippen LogP contribution in [0.4, 0.5) is 5.69 Å². The van der Waals surface area contributed by atoms with Crippen molar-refractivity contribution < 1.29 is 14.6 Å². The number of amides is 1. The van der Waals surface area contributed by atoms with Crippen molar-refractivity contribution in [1.82, 2.24) is 9.55 Å². The summed E-state index contributed by atoms with van der Waals surface area (Å²) in [7, 11) is 1.63. The number of nitrogens with two attached hydrogens (primary N) is 1. The fourth-order valence-electron chi connectivity index (χ4n) is 4.55. The standard InChI is InChI=1S/C28H26N4O3/c1-35-20-14-18(16-30-17-20)21-7-4-9-26-27(21)23-6-2-3-8-25(23)32(26)19-10-11-22(28(29)34)24(15-19)31-12-5-13-33/h2-4,6-11,14-17,31,33H,5,12-13H2,1H3,(H2,29,34). The SMILES string of the molecule is COc1cncc(-c2cccc3c2c2ccccc2n3-c2ccc(C(N)=O)c(NCCCO)c2)c1. The summed E-state index contributed by atoms with van der Waals surface area (Å²) in [4.78, 5) is 16.4. The zero-order chi connectivity index (χ0) is 24.4. The van der Waals surface area contributed by atoms with Gasteiger partial charge in [0, 0.05) is 47.1 Å². The van der Waals surface area contributed by atoms with Crippen molar-refractivity contribution in [2.24, 2.45) is 5.73 Å². The summed E-state index contributed by atoms with van der Waals surface area (Å²) in [5.41, 5.74) is 11.7. The molecule has 4 N–H and O–H groups in total. The number of methoxy groups -OCH3 is 1. The molecule has 2 aromatic heterocycles. The largest absolute Gasteiger partial charge is 0.495 e. The molecule has 7 nitrogen and oxygen atoms in total. The summed E-state index contributed by atoms with van der Waals surface area (Å²) >= 11 is 0. The van der Waals surface area contributed by atoms with Gasteiger partial charge in [-0.3, -0.25) is 9.78 Å². The number of para-hydroxylation sites is 1. The van der Waals surface area contributed by atoms with Gasteiger partial charge in [0.2, 0.25) is 0 Å². The molecule has 5 rings (SSSR count). The summed E-state index contributed by atoms with van der Waals surface area (Å²) in [6, 6.07) is 22.0. The molecule has 0 aliphatic heterocycles. The minimum atomic E-state index is -0.502. The van der Waals surface area contributed by atoms with E-state index in [4.69, 9.17) is 15.6 Å². The summed E-state index contributed by atoms with van der Waals surface area (Å²) < 4.78 is 7.59. The Kier molecular flexibility index (Phi) is 6.08. The Balaban J connectivity index is 1.76. The molecule has 0 saturated heterocycles. The van der Waals surface area contributed by atoms with Crippen LogP contribution in [-0.2, 0) is 0 Å². The van der Waals surface area contributed by atoms with E-state index < -0.39 is 5.91 Å². The zero-order valence-electron chi connectivity index (χ0n) is 19.4. The van der Waals surface area contributed by atoms with E-state index in [1.807, 2.05) is 42.6 Å². The van der Waals surface area contributed by atoms with Crippen LogP contribution in [0.25, 0.3) is 38.6 Å². The van der Waals surface area contributed by atoms with Gasteiger partial charge in [-0.25, -0.2) is 0 Å². The number of nitrogens with one attached hydrogen (secondary N) is 1. The van der Waals surface area contributed by atoms with Crippen LogP contribution >= 0.6 is 0 Å². The molecule has 0 radical (unpaired) electrons. The molecule has 7 heteroatoms. The second-order valence-electron chi connectivity index (χ2n) is 8.26. The number of primary amides is 1. The van der Waals surface area contributed by atoms with E-state index >= 15 is 0 Å². The third-order valence-electron chi connectivity index (χ3n) is 6.13. The Morgan fingerprint density at radius 1 is 1.06 bits per heavy atom. The number of hydrogen-bond donors (Lipinski definition) is 3. The number of benzene rings is 3. The number of aliphatic hydroxyl groups excluding tert-OH is 1. The lowest BCUT2D eigenvalue weighted by molar-refractivity contribution is 0.100. The minimum absolute atomic E-state index is 0.0629. The first-order valence-electron chi connectivity index (χ1n) is 11.4. The number of pyridine rings is 1. The van der Waals surface area contributed by atoms with Crippen molar-refractivity contribution in [3.8, 4) is 22.6 Å². The first-order valence-corrected chi connectivity index (χ1v) is 11.4. The molecule has 35 heavy (non-hydrogen) atoms. The molecular weight excluding hydrogens is 440 g/mol. The van der Waals surface area contributed by atoms with E-state index in [1.165, 1.54) is 0 Å². The first-order chi connectivity index (χ1) is 17.1. The number of rotatable bonds is 8. The number of anilines is 1. The van der Waals surface area contributed by atoms with Crippen LogP contribution in [0.2, 0.25) is 0 Å². The molecule has 0 saturated carbocycles. The van der Waals surface area contributed by atoms with Crippen molar-refractivity contribution in [3.05, 3.63) is 84.7 Å². The number of carbonyl (C=O) groups excluding carboxylic acids is 1. The predicted molar refractivity (Wildman–Crippen MR) is 139 cm³/mol. The first kappa shape index (κ1) is 22.4. The highest BCUT2D eigenvalue weighted by Gasteiger charge is 2.18. The average molecular weight is 467 g/mol. The average Bonchev–Trinajstić information content (AvgIpc) is 3.23. The minimum Gasteiger partial charge on any atom is -0.495 e. The second-order valence-corrected chi connectivity index (χ2v) is 8.26. The number of nitrogens with zero attached hydrogens (tertiary/aromatic N) is 2. The number of ether oxygens (including phenoxy) is 1. The van der Waals surface area contributed by atoms with Crippen LogP contribution in [0.15, 0.2) is 79.1 Å². The highest BCUT2D eigenvalue weighted by atomic mass is 16.5. The maximum absolute atomic E-state index is 12.0. The van der Waals surface area contributed by atoms with E-state index in [9.17, 15) is 4.79 Å². The Hall–Kier alpha value is -4.36. The van der Waals surface area contributed by atoms with E-state index in [0.29, 0.717) is 30.0 Å². The van der Waals surface area contributed by atoms with Gasteiger partial charge in [-0.15, -0.1) is 0 Å². The smallest absolute Gasteiger partial charge is 0.250 e. The Morgan fingerprint density at radius 3 is 2.69 bits per heavy atom. The summed E-state index contributed by atoms with van der Waals surface area (Å²) in [5.74, 6) is 0.196. The highest BCUT2D eigenvalue weighted by molar-refractivity contribution is 6.15. The van der Waals surface area contributed by atoms with Crippen LogP contribution in [0, 0.1) is 0 Å². The molecule has 1 amide bonds. The van der Waals surface area contributed by atoms with Crippen LogP contribution in [0.5, 0.6) is 5.75 Å². The molecule has 0 bridgehead atoms. The van der Waals surface area contributed by atoms with E-state index in [0.717, 1.165) is 38.6 Å². The van der Waals surface area contributed by atoms with Gasteiger partial charge in [0.15, 0.2) is 0 Å². The molecule has 0 spiro atoms. The maximum Gasteiger partial charge on any atom is 0.250 e. The molecule has 5 aromatic rings. The van der Waals surface area contributed by atoms with E-state index in [-0.39, 0.29) is 6.61 Å². The van der Waals surface area contributed by atoms with Gasteiger partial charge in [0.05, 0.1) is 29.9 Å². The molecule has 176 valence electrons. The van der Waals surface area contributed by atoms with Crippen molar-refractivity contribution >= 4 is 33.4 Å². The zero-order valence-corrected chi connectivity index (χ0v) is 19.4. The third kappa shape index (κ3) is 4.06. The molecule has 2 heterocycles.